The molecule has 2 rings (SSSR count). The van der Waals surface area contributed by atoms with Crippen LogP contribution in [0.1, 0.15) is 46.2 Å². The minimum Gasteiger partial charge on any atom is -0.444 e. The van der Waals surface area contributed by atoms with Crippen molar-refractivity contribution in [1.29, 1.82) is 0 Å². The van der Waals surface area contributed by atoms with Crippen LogP contribution in [0.15, 0.2) is 28.7 Å². The Kier molecular flexibility index (Phi) is 5.74. The van der Waals surface area contributed by atoms with Gasteiger partial charge in [0.25, 0.3) is 0 Å². The first kappa shape index (κ1) is 18.3. The van der Waals surface area contributed by atoms with E-state index in [2.05, 4.69) is 52.9 Å². The minimum absolute atomic E-state index is 0.142. The van der Waals surface area contributed by atoms with Crippen molar-refractivity contribution < 1.29 is 9.53 Å². The molecule has 1 aromatic rings. The third-order valence-corrected chi connectivity index (χ3v) is 4.91. The molecule has 5 heteroatoms. The highest BCUT2D eigenvalue weighted by molar-refractivity contribution is 9.10. The van der Waals surface area contributed by atoms with Crippen molar-refractivity contribution in [2.45, 2.75) is 52.3 Å². The third-order valence-electron chi connectivity index (χ3n) is 4.19. The molecular weight excluding hydrogens is 356 g/mol. The van der Waals surface area contributed by atoms with Crippen LogP contribution in [0.2, 0.25) is 0 Å². The Bertz CT molecular complexity index is 556. The average Bonchev–Trinajstić information content (AvgIpc) is 2.45. The molecule has 1 aliphatic rings. The van der Waals surface area contributed by atoms with E-state index in [4.69, 9.17) is 4.74 Å². The van der Waals surface area contributed by atoms with Gasteiger partial charge in [0, 0.05) is 36.2 Å². The lowest BCUT2D eigenvalue weighted by atomic mass is 10.0. The number of benzene rings is 1. The van der Waals surface area contributed by atoms with Crippen LogP contribution in [0.4, 0.5) is 4.79 Å². The van der Waals surface area contributed by atoms with E-state index in [9.17, 15) is 4.79 Å². The van der Waals surface area contributed by atoms with Gasteiger partial charge in [-0.3, -0.25) is 4.90 Å². The molecule has 1 unspecified atom stereocenters. The monoisotopic (exact) mass is 382 g/mol. The van der Waals surface area contributed by atoms with Crippen LogP contribution in [-0.2, 0) is 4.74 Å². The molecule has 0 N–H and O–H groups in total. The SMILES string of the molecule is CC(c1ccccc1Br)N1CCN(C(=O)OC(C)(C)C)[C@@H](C)C1. The van der Waals surface area contributed by atoms with Gasteiger partial charge in [0.1, 0.15) is 5.60 Å². The molecule has 0 radical (unpaired) electrons. The molecule has 4 nitrogen and oxygen atoms in total. The Balaban J connectivity index is 2.01. The van der Waals surface area contributed by atoms with Gasteiger partial charge in [0.15, 0.2) is 0 Å². The highest BCUT2D eigenvalue weighted by Crippen LogP contribution is 2.29. The molecule has 1 aliphatic heterocycles. The van der Waals surface area contributed by atoms with E-state index >= 15 is 0 Å². The molecular formula is C18H27BrN2O2. The molecule has 0 aromatic heterocycles. The van der Waals surface area contributed by atoms with Crippen molar-refractivity contribution in [2.24, 2.45) is 0 Å². The van der Waals surface area contributed by atoms with Gasteiger partial charge in [-0.1, -0.05) is 34.1 Å². The van der Waals surface area contributed by atoms with Crippen LogP contribution in [-0.4, -0.2) is 47.2 Å². The van der Waals surface area contributed by atoms with Crippen LogP contribution < -0.4 is 0 Å². The summed E-state index contributed by atoms with van der Waals surface area (Å²) in [6, 6.07) is 8.78. The van der Waals surface area contributed by atoms with Gasteiger partial charge in [-0.15, -0.1) is 0 Å². The predicted molar refractivity (Wildman–Crippen MR) is 96.5 cm³/mol. The number of halogens is 1. The largest absolute Gasteiger partial charge is 0.444 e. The van der Waals surface area contributed by atoms with Crippen molar-refractivity contribution in [3.8, 4) is 0 Å². The molecule has 2 atom stereocenters. The summed E-state index contributed by atoms with van der Waals surface area (Å²) in [7, 11) is 0. The van der Waals surface area contributed by atoms with Crippen LogP contribution in [0, 0.1) is 0 Å². The number of hydrogen-bond acceptors (Lipinski definition) is 3. The van der Waals surface area contributed by atoms with Crippen molar-refractivity contribution in [3.63, 3.8) is 0 Å². The highest BCUT2D eigenvalue weighted by atomic mass is 79.9. The van der Waals surface area contributed by atoms with Gasteiger partial charge in [-0.2, -0.15) is 0 Å². The number of hydrogen-bond donors (Lipinski definition) is 0. The quantitative estimate of drug-likeness (QED) is 0.757. The molecule has 1 amide bonds. The average molecular weight is 383 g/mol. The summed E-state index contributed by atoms with van der Waals surface area (Å²) in [6.07, 6.45) is -0.210. The maximum absolute atomic E-state index is 12.3. The Hall–Kier alpha value is -1.07. The highest BCUT2D eigenvalue weighted by Gasteiger charge is 2.32. The molecule has 0 bridgehead atoms. The first-order chi connectivity index (χ1) is 10.7. The zero-order valence-corrected chi connectivity index (χ0v) is 16.3. The molecule has 1 saturated heterocycles. The lowest BCUT2D eigenvalue weighted by molar-refractivity contribution is -0.00352. The van der Waals surface area contributed by atoms with E-state index < -0.39 is 5.60 Å². The predicted octanol–water partition coefficient (Wildman–Crippen LogP) is 4.45. The van der Waals surface area contributed by atoms with Gasteiger partial charge in [0.2, 0.25) is 0 Å². The van der Waals surface area contributed by atoms with E-state index in [0.29, 0.717) is 12.6 Å². The van der Waals surface area contributed by atoms with Crippen molar-refractivity contribution in [1.82, 2.24) is 9.80 Å². The normalized spacial score (nSPS) is 21.1. The van der Waals surface area contributed by atoms with E-state index in [-0.39, 0.29) is 12.1 Å². The molecule has 23 heavy (non-hydrogen) atoms. The minimum atomic E-state index is -0.448. The van der Waals surface area contributed by atoms with Crippen LogP contribution in [0.5, 0.6) is 0 Å². The zero-order chi connectivity index (χ0) is 17.2. The summed E-state index contributed by atoms with van der Waals surface area (Å²) in [5.41, 5.74) is 0.835. The van der Waals surface area contributed by atoms with Crippen molar-refractivity contribution in [2.75, 3.05) is 19.6 Å². The second-order valence-corrected chi connectivity index (χ2v) is 8.07. The lowest BCUT2D eigenvalue weighted by Gasteiger charge is -2.42. The molecule has 1 fully saturated rings. The fourth-order valence-electron chi connectivity index (χ4n) is 2.94. The second kappa shape index (κ2) is 7.22. The van der Waals surface area contributed by atoms with Crippen molar-refractivity contribution >= 4 is 22.0 Å². The summed E-state index contributed by atoms with van der Waals surface area (Å²) in [5.74, 6) is 0. The fourth-order valence-corrected chi connectivity index (χ4v) is 3.56. The number of amides is 1. The molecule has 0 spiro atoms. The Morgan fingerprint density at radius 2 is 1.96 bits per heavy atom. The Morgan fingerprint density at radius 1 is 1.30 bits per heavy atom. The van der Waals surface area contributed by atoms with E-state index in [0.717, 1.165) is 17.6 Å². The first-order valence-corrected chi connectivity index (χ1v) is 8.96. The van der Waals surface area contributed by atoms with Gasteiger partial charge in [0.05, 0.1) is 0 Å². The molecule has 1 aromatic carbocycles. The maximum atomic E-state index is 12.3. The maximum Gasteiger partial charge on any atom is 0.410 e. The topological polar surface area (TPSA) is 32.8 Å². The van der Waals surface area contributed by atoms with Gasteiger partial charge < -0.3 is 9.64 Å². The Labute approximate surface area is 147 Å². The smallest absolute Gasteiger partial charge is 0.410 e. The lowest BCUT2D eigenvalue weighted by Crippen LogP contribution is -2.55. The molecule has 1 heterocycles. The number of nitrogens with zero attached hydrogens (tertiary/aromatic N) is 2. The number of ether oxygens (including phenoxy) is 1. The summed E-state index contributed by atoms with van der Waals surface area (Å²) < 4.78 is 6.64. The Morgan fingerprint density at radius 3 is 2.52 bits per heavy atom. The fraction of sp³-hybridized carbons (Fsp3) is 0.611. The van der Waals surface area contributed by atoms with Crippen molar-refractivity contribution in [3.05, 3.63) is 34.3 Å². The van der Waals surface area contributed by atoms with E-state index in [1.807, 2.05) is 31.7 Å². The summed E-state index contributed by atoms with van der Waals surface area (Å²) in [4.78, 5) is 16.6. The van der Waals surface area contributed by atoms with Gasteiger partial charge in [-0.25, -0.2) is 4.79 Å². The number of carbonyl (C=O) groups is 1. The number of piperazine rings is 1. The standard InChI is InChI=1S/C18H27BrN2O2/c1-13-12-20(14(2)15-8-6-7-9-16(15)19)10-11-21(13)17(22)23-18(3,4)5/h6-9,13-14H,10-12H2,1-5H3/t13-,14?/m0/s1. The molecule has 0 aliphatic carbocycles. The summed E-state index contributed by atoms with van der Waals surface area (Å²) >= 11 is 3.64. The third kappa shape index (κ3) is 4.70. The second-order valence-electron chi connectivity index (χ2n) is 7.22. The number of rotatable bonds is 2. The summed E-state index contributed by atoms with van der Waals surface area (Å²) in [5, 5.41) is 0. The van der Waals surface area contributed by atoms with Gasteiger partial charge in [-0.05, 0) is 46.2 Å². The first-order valence-electron chi connectivity index (χ1n) is 8.17. The number of carbonyl (C=O) groups excluding carboxylic acids is 1. The van der Waals surface area contributed by atoms with E-state index in [1.165, 1.54) is 5.56 Å². The molecule has 0 saturated carbocycles. The van der Waals surface area contributed by atoms with Gasteiger partial charge >= 0.3 is 6.09 Å². The zero-order valence-electron chi connectivity index (χ0n) is 14.7. The van der Waals surface area contributed by atoms with Crippen LogP contribution >= 0.6 is 15.9 Å². The van der Waals surface area contributed by atoms with Crippen LogP contribution in [0.3, 0.4) is 0 Å². The molecule has 128 valence electrons. The van der Waals surface area contributed by atoms with Crippen LogP contribution in [0.25, 0.3) is 0 Å². The summed E-state index contributed by atoms with van der Waals surface area (Å²) in [6.45, 7) is 12.4. The van der Waals surface area contributed by atoms with E-state index in [1.54, 1.807) is 0 Å².